The van der Waals surface area contributed by atoms with Gasteiger partial charge in [-0.25, -0.2) is 9.78 Å². The SMILES string of the molecule is NC(=O)C1CCN(c2ncccc2/C=C/C(=O)O)CC1. The summed E-state index contributed by atoms with van der Waals surface area (Å²) in [6.45, 7) is 1.39. The van der Waals surface area contributed by atoms with Crippen LogP contribution in [0.15, 0.2) is 24.4 Å². The molecule has 1 aromatic rings. The highest BCUT2D eigenvalue weighted by Crippen LogP contribution is 2.25. The smallest absolute Gasteiger partial charge is 0.328 e. The van der Waals surface area contributed by atoms with Crippen molar-refractivity contribution in [3.63, 3.8) is 0 Å². The molecule has 2 heterocycles. The van der Waals surface area contributed by atoms with Gasteiger partial charge in [0, 0.05) is 36.8 Å². The lowest BCUT2D eigenvalue weighted by Crippen LogP contribution is -2.39. The number of carbonyl (C=O) groups is 2. The number of aromatic nitrogens is 1. The molecular weight excluding hydrogens is 258 g/mol. The highest BCUT2D eigenvalue weighted by molar-refractivity contribution is 5.86. The number of carbonyl (C=O) groups excluding carboxylic acids is 1. The van der Waals surface area contributed by atoms with E-state index >= 15 is 0 Å². The summed E-state index contributed by atoms with van der Waals surface area (Å²) in [5, 5.41) is 8.70. The van der Waals surface area contributed by atoms with Gasteiger partial charge in [-0.3, -0.25) is 4.79 Å². The number of hydrogen-bond acceptors (Lipinski definition) is 4. The van der Waals surface area contributed by atoms with Gasteiger partial charge in [0.05, 0.1) is 0 Å². The first-order chi connectivity index (χ1) is 9.58. The van der Waals surface area contributed by atoms with Crippen molar-refractivity contribution in [2.75, 3.05) is 18.0 Å². The summed E-state index contributed by atoms with van der Waals surface area (Å²) >= 11 is 0. The monoisotopic (exact) mass is 275 g/mol. The molecule has 0 unspecified atom stereocenters. The molecule has 1 aromatic heterocycles. The molecule has 1 saturated heterocycles. The summed E-state index contributed by atoms with van der Waals surface area (Å²) in [5.74, 6) is -0.579. The van der Waals surface area contributed by atoms with Gasteiger partial charge in [-0.2, -0.15) is 0 Å². The van der Waals surface area contributed by atoms with Crippen LogP contribution in [-0.4, -0.2) is 35.1 Å². The lowest BCUT2D eigenvalue weighted by atomic mass is 9.96. The average Bonchev–Trinajstić information content (AvgIpc) is 2.45. The van der Waals surface area contributed by atoms with Gasteiger partial charge in [-0.05, 0) is 31.1 Å². The molecule has 106 valence electrons. The number of carboxylic acid groups (broad SMARTS) is 1. The minimum absolute atomic E-state index is 0.0760. The van der Waals surface area contributed by atoms with E-state index in [4.69, 9.17) is 10.8 Å². The first kappa shape index (κ1) is 14.0. The minimum Gasteiger partial charge on any atom is -0.478 e. The van der Waals surface area contributed by atoms with E-state index in [-0.39, 0.29) is 11.8 Å². The lowest BCUT2D eigenvalue weighted by molar-refractivity contribution is -0.131. The molecular formula is C14H17N3O3. The first-order valence-corrected chi connectivity index (χ1v) is 6.48. The molecule has 1 aliphatic heterocycles. The summed E-state index contributed by atoms with van der Waals surface area (Å²) in [4.78, 5) is 28.1. The number of piperidine rings is 1. The van der Waals surface area contributed by atoms with Crippen molar-refractivity contribution in [1.82, 2.24) is 4.98 Å². The van der Waals surface area contributed by atoms with E-state index in [1.165, 1.54) is 6.08 Å². The molecule has 1 amide bonds. The Kier molecular flexibility index (Phi) is 4.34. The van der Waals surface area contributed by atoms with Gasteiger partial charge in [-0.1, -0.05) is 0 Å². The number of rotatable bonds is 4. The molecule has 6 nitrogen and oxygen atoms in total. The number of nitrogens with two attached hydrogens (primary N) is 1. The third-order valence-electron chi connectivity index (χ3n) is 3.42. The maximum atomic E-state index is 11.2. The molecule has 20 heavy (non-hydrogen) atoms. The Labute approximate surface area is 116 Å². The Balaban J connectivity index is 2.13. The molecule has 0 aromatic carbocycles. The second-order valence-corrected chi connectivity index (χ2v) is 4.75. The number of primary amides is 1. The van der Waals surface area contributed by atoms with Crippen LogP contribution in [0.1, 0.15) is 18.4 Å². The van der Waals surface area contributed by atoms with Gasteiger partial charge < -0.3 is 15.7 Å². The van der Waals surface area contributed by atoms with Gasteiger partial charge in [0.25, 0.3) is 0 Å². The van der Waals surface area contributed by atoms with E-state index in [2.05, 4.69) is 9.88 Å². The normalized spacial score (nSPS) is 16.5. The van der Waals surface area contributed by atoms with Gasteiger partial charge >= 0.3 is 5.97 Å². The molecule has 6 heteroatoms. The average molecular weight is 275 g/mol. The molecule has 1 aliphatic rings. The van der Waals surface area contributed by atoms with Crippen molar-refractivity contribution >= 4 is 23.8 Å². The summed E-state index contributed by atoms with van der Waals surface area (Å²) in [6.07, 6.45) is 5.71. The maximum Gasteiger partial charge on any atom is 0.328 e. The maximum absolute atomic E-state index is 11.2. The van der Waals surface area contributed by atoms with E-state index in [0.29, 0.717) is 25.9 Å². The molecule has 2 rings (SSSR count). The van der Waals surface area contributed by atoms with Gasteiger partial charge in [0.2, 0.25) is 5.91 Å². The number of aliphatic carboxylic acids is 1. The summed E-state index contributed by atoms with van der Waals surface area (Å²) in [5.41, 5.74) is 6.07. The van der Waals surface area contributed by atoms with E-state index in [1.54, 1.807) is 12.3 Å². The van der Waals surface area contributed by atoms with E-state index in [9.17, 15) is 9.59 Å². The predicted octanol–water partition coefficient (Wildman–Crippen LogP) is 0.881. The Morgan fingerprint density at radius 2 is 2.10 bits per heavy atom. The number of carboxylic acids is 1. The highest BCUT2D eigenvalue weighted by atomic mass is 16.4. The second-order valence-electron chi connectivity index (χ2n) is 4.75. The minimum atomic E-state index is -0.993. The van der Waals surface area contributed by atoms with Crippen molar-refractivity contribution in [3.05, 3.63) is 30.0 Å². The van der Waals surface area contributed by atoms with Crippen LogP contribution in [0.5, 0.6) is 0 Å². The Morgan fingerprint density at radius 3 is 2.70 bits per heavy atom. The van der Waals surface area contributed by atoms with Crippen LogP contribution in [0.25, 0.3) is 6.08 Å². The molecule has 0 atom stereocenters. The van der Waals surface area contributed by atoms with Crippen molar-refractivity contribution in [2.45, 2.75) is 12.8 Å². The number of hydrogen-bond donors (Lipinski definition) is 2. The molecule has 0 radical (unpaired) electrons. The van der Waals surface area contributed by atoms with Crippen LogP contribution in [0.3, 0.4) is 0 Å². The largest absolute Gasteiger partial charge is 0.478 e. The fourth-order valence-electron chi connectivity index (χ4n) is 2.34. The zero-order valence-corrected chi connectivity index (χ0v) is 11.0. The third-order valence-corrected chi connectivity index (χ3v) is 3.42. The number of amides is 1. The van der Waals surface area contributed by atoms with Crippen molar-refractivity contribution in [1.29, 1.82) is 0 Å². The fraction of sp³-hybridized carbons (Fsp3) is 0.357. The van der Waals surface area contributed by atoms with Crippen molar-refractivity contribution < 1.29 is 14.7 Å². The van der Waals surface area contributed by atoms with Crippen LogP contribution in [-0.2, 0) is 9.59 Å². The van der Waals surface area contributed by atoms with Crippen LogP contribution in [0, 0.1) is 5.92 Å². The van der Waals surface area contributed by atoms with Crippen LogP contribution >= 0.6 is 0 Å². The number of anilines is 1. The Bertz CT molecular complexity index is 534. The molecule has 0 bridgehead atoms. The van der Waals surface area contributed by atoms with Gasteiger partial charge in [0.1, 0.15) is 5.82 Å². The first-order valence-electron chi connectivity index (χ1n) is 6.48. The fourth-order valence-corrected chi connectivity index (χ4v) is 2.34. The van der Waals surface area contributed by atoms with Crippen molar-refractivity contribution in [2.24, 2.45) is 11.7 Å². The third kappa shape index (κ3) is 3.34. The number of pyridine rings is 1. The Hall–Kier alpha value is -2.37. The second kappa shape index (κ2) is 6.18. The molecule has 1 fully saturated rings. The molecule has 3 N–H and O–H groups in total. The molecule has 0 spiro atoms. The van der Waals surface area contributed by atoms with Gasteiger partial charge in [-0.15, -0.1) is 0 Å². The van der Waals surface area contributed by atoms with E-state index in [0.717, 1.165) is 17.5 Å². The molecule has 0 aliphatic carbocycles. The topological polar surface area (TPSA) is 96.5 Å². The van der Waals surface area contributed by atoms with Crippen LogP contribution < -0.4 is 10.6 Å². The van der Waals surface area contributed by atoms with Crippen LogP contribution in [0.2, 0.25) is 0 Å². The molecule has 0 saturated carbocycles. The van der Waals surface area contributed by atoms with Crippen molar-refractivity contribution in [3.8, 4) is 0 Å². The highest BCUT2D eigenvalue weighted by Gasteiger charge is 2.24. The summed E-state index contributed by atoms with van der Waals surface area (Å²) in [6, 6.07) is 3.59. The number of nitrogens with zero attached hydrogens (tertiary/aromatic N) is 2. The summed E-state index contributed by atoms with van der Waals surface area (Å²) < 4.78 is 0. The van der Waals surface area contributed by atoms with Gasteiger partial charge in [0.15, 0.2) is 0 Å². The van der Waals surface area contributed by atoms with Crippen LogP contribution in [0.4, 0.5) is 5.82 Å². The predicted molar refractivity (Wildman–Crippen MR) is 75.0 cm³/mol. The zero-order chi connectivity index (χ0) is 14.5. The van der Waals surface area contributed by atoms with E-state index < -0.39 is 5.97 Å². The standard InChI is InChI=1S/C14H17N3O3/c15-13(20)10-5-8-17(9-6-10)14-11(2-1-7-16-14)3-4-12(18)19/h1-4,7,10H,5-6,8-9H2,(H2,15,20)(H,18,19)/b4-3+. The van der Waals surface area contributed by atoms with E-state index in [1.807, 2.05) is 6.07 Å². The zero-order valence-electron chi connectivity index (χ0n) is 11.0. The lowest BCUT2D eigenvalue weighted by Gasteiger charge is -2.32. The quantitative estimate of drug-likeness (QED) is 0.795. The Morgan fingerprint density at radius 1 is 1.40 bits per heavy atom. The summed E-state index contributed by atoms with van der Waals surface area (Å²) in [7, 11) is 0.